The van der Waals surface area contributed by atoms with E-state index >= 15 is 0 Å². The van der Waals surface area contributed by atoms with Gasteiger partial charge in [-0.25, -0.2) is 4.79 Å². The van der Waals surface area contributed by atoms with Crippen molar-refractivity contribution in [3.05, 3.63) is 0 Å². The third-order valence-electron chi connectivity index (χ3n) is 4.67. The Balaban J connectivity index is 1.93. The molecule has 0 bridgehead atoms. The summed E-state index contributed by atoms with van der Waals surface area (Å²) in [7, 11) is 0. The monoisotopic (exact) mass is 282 g/mol. The van der Waals surface area contributed by atoms with Crippen LogP contribution in [0, 0.1) is 0 Å². The lowest BCUT2D eigenvalue weighted by molar-refractivity contribution is -0.122. The van der Waals surface area contributed by atoms with Gasteiger partial charge in [-0.3, -0.25) is 9.69 Å². The first-order valence-electron chi connectivity index (χ1n) is 7.73. The number of ketones is 1. The van der Waals surface area contributed by atoms with E-state index in [1.165, 1.54) is 0 Å². The molecule has 5 heteroatoms. The molecule has 1 atom stereocenters. The minimum Gasteiger partial charge on any atom is -0.450 e. The molecule has 0 radical (unpaired) electrons. The number of piperidine rings is 1. The average Bonchev–Trinajstić information content (AvgIpc) is 2.63. The fourth-order valence-electron chi connectivity index (χ4n) is 3.27. The van der Waals surface area contributed by atoms with Crippen LogP contribution in [0.5, 0.6) is 0 Å². The minimum absolute atomic E-state index is 0.113. The van der Waals surface area contributed by atoms with Crippen molar-refractivity contribution in [2.45, 2.75) is 51.5 Å². The zero-order valence-corrected chi connectivity index (χ0v) is 12.7. The Bertz CT molecular complexity index is 362. The Morgan fingerprint density at radius 3 is 2.55 bits per heavy atom. The van der Waals surface area contributed by atoms with Gasteiger partial charge in [0.25, 0.3) is 0 Å². The van der Waals surface area contributed by atoms with Crippen LogP contribution in [0.2, 0.25) is 0 Å². The van der Waals surface area contributed by atoms with Crippen LogP contribution in [0.3, 0.4) is 0 Å². The summed E-state index contributed by atoms with van der Waals surface area (Å²) >= 11 is 0. The van der Waals surface area contributed by atoms with Crippen molar-refractivity contribution in [1.82, 2.24) is 9.80 Å². The van der Waals surface area contributed by atoms with Crippen molar-refractivity contribution in [2.75, 3.05) is 32.8 Å². The topological polar surface area (TPSA) is 49.9 Å². The smallest absolute Gasteiger partial charge is 0.409 e. The Labute approximate surface area is 121 Å². The molecule has 2 fully saturated rings. The lowest BCUT2D eigenvalue weighted by Gasteiger charge is -2.42. The molecule has 0 aliphatic carbocycles. The number of carbonyl (C=O) groups excluding carboxylic acids is 2. The van der Waals surface area contributed by atoms with E-state index in [1.54, 1.807) is 0 Å². The zero-order valence-electron chi connectivity index (χ0n) is 12.7. The Morgan fingerprint density at radius 1 is 1.20 bits per heavy atom. The minimum atomic E-state index is -0.189. The van der Waals surface area contributed by atoms with Crippen LogP contribution in [0.1, 0.15) is 46.0 Å². The SMILES string of the molecule is CCOC(=O)N1CCCC(C)(N2CCC(=O)CC2)CC1. The quantitative estimate of drug-likeness (QED) is 0.778. The highest BCUT2D eigenvalue weighted by atomic mass is 16.6. The number of Topliss-reactive ketones (excluding diaryl/α,β-unsaturated/α-hetero) is 1. The lowest BCUT2D eigenvalue weighted by atomic mass is 9.88. The number of likely N-dealkylation sites (tertiary alicyclic amines) is 2. The Morgan fingerprint density at radius 2 is 1.90 bits per heavy atom. The van der Waals surface area contributed by atoms with Crippen LogP contribution in [0.4, 0.5) is 4.79 Å². The number of hydrogen-bond acceptors (Lipinski definition) is 4. The summed E-state index contributed by atoms with van der Waals surface area (Å²) in [4.78, 5) is 27.5. The van der Waals surface area contributed by atoms with Crippen molar-refractivity contribution in [1.29, 1.82) is 0 Å². The average molecular weight is 282 g/mol. The summed E-state index contributed by atoms with van der Waals surface area (Å²) in [6.45, 7) is 7.81. The first-order chi connectivity index (χ1) is 9.55. The lowest BCUT2D eigenvalue weighted by Crippen LogP contribution is -2.50. The van der Waals surface area contributed by atoms with Crippen molar-refractivity contribution in [3.63, 3.8) is 0 Å². The zero-order chi connectivity index (χ0) is 14.6. The van der Waals surface area contributed by atoms with E-state index in [9.17, 15) is 9.59 Å². The van der Waals surface area contributed by atoms with E-state index in [2.05, 4.69) is 11.8 Å². The van der Waals surface area contributed by atoms with Crippen molar-refractivity contribution >= 4 is 11.9 Å². The van der Waals surface area contributed by atoms with Crippen LogP contribution in [0.15, 0.2) is 0 Å². The van der Waals surface area contributed by atoms with E-state index in [-0.39, 0.29) is 11.6 Å². The third-order valence-corrected chi connectivity index (χ3v) is 4.67. The number of carbonyl (C=O) groups is 2. The van der Waals surface area contributed by atoms with Gasteiger partial charge in [-0.15, -0.1) is 0 Å². The standard InChI is InChI=1S/C15H26N2O3/c1-3-20-14(19)16-9-4-7-15(2,8-12-16)17-10-5-13(18)6-11-17/h3-12H2,1-2H3. The van der Waals surface area contributed by atoms with Gasteiger partial charge in [0.05, 0.1) is 6.61 Å². The van der Waals surface area contributed by atoms with Gasteiger partial charge in [-0.05, 0) is 33.1 Å². The fraction of sp³-hybridized carbons (Fsp3) is 0.867. The number of amides is 1. The summed E-state index contributed by atoms with van der Waals surface area (Å²) in [6.07, 6.45) is 4.20. The molecule has 0 aromatic rings. The summed E-state index contributed by atoms with van der Waals surface area (Å²) in [5.74, 6) is 0.381. The molecular weight excluding hydrogens is 256 g/mol. The van der Waals surface area contributed by atoms with Gasteiger partial charge in [-0.1, -0.05) is 0 Å². The molecule has 2 heterocycles. The number of hydrogen-bond donors (Lipinski definition) is 0. The van der Waals surface area contributed by atoms with Crippen molar-refractivity contribution in [2.24, 2.45) is 0 Å². The van der Waals surface area contributed by atoms with Crippen LogP contribution in [0.25, 0.3) is 0 Å². The molecule has 0 N–H and O–H groups in total. The maximum absolute atomic E-state index is 11.8. The van der Waals surface area contributed by atoms with Gasteiger partial charge in [0.15, 0.2) is 0 Å². The molecule has 0 saturated carbocycles. The molecular formula is C15H26N2O3. The molecule has 0 aromatic heterocycles. The van der Waals surface area contributed by atoms with Crippen LogP contribution in [-0.4, -0.2) is 60.0 Å². The highest BCUT2D eigenvalue weighted by molar-refractivity contribution is 5.79. The van der Waals surface area contributed by atoms with Gasteiger partial charge < -0.3 is 9.64 Å². The molecule has 2 aliphatic rings. The van der Waals surface area contributed by atoms with E-state index in [0.29, 0.717) is 25.2 Å². The van der Waals surface area contributed by atoms with Gasteiger partial charge in [0.2, 0.25) is 0 Å². The van der Waals surface area contributed by atoms with Crippen LogP contribution in [-0.2, 0) is 9.53 Å². The second-order valence-electron chi connectivity index (χ2n) is 6.06. The van der Waals surface area contributed by atoms with Crippen molar-refractivity contribution in [3.8, 4) is 0 Å². The third kappa shape index (κ3) is 3.51. The van der Waals surface area contributed by atoms with Gasteiger partial charge in [0, 0.05) is 44.6 Å². The molecule has 114 valence electrons. The summed E-state index contributed by atoms with van der Waals surface area (Å²) in [5, 5.41) is 0. The Kier molecular flexibility index (Phi) is 5.02. The molecule has 1 amide bonds. The molecule has 0 spiro atoms. The first-order valence-corrected chi connectivity index (χ1v) is 7.73. The van der Waals surface area contributed by atoms with Crippen LogP contribution >= 0.6 is 0 Å². The summed E-state index contributed by atoms with van der Waals surface area (Å²) in [6, 6.07) is 0. The molecule has 1 unspecified atom stereocenters. The number of nitrogens with zero attached hydrogens (tertiary/aromatic N) is 2. The van der Waals surface area contributed by atoms with E-state index in [4.69, 9.17) is 4.74 Å². The maximum Gasteiger partial charge on any atom is 0.409 e. The van der Waals surface area contributed by atoms with E-state index in [1.807, 2.05) is 11.8 Å². The summed E-state index contributed by atoms with van der Waals surface area (Å²) in [5.41, 5.74) is 0.113. The fourth-order valence-corrected chi connectivity index (χ4v) is 3.27. The predicted molar refractivity (Wildman–Crippen MR) is 76.7 cm³/mol. The largest absolute Gasteiger partial charge is 0.450 e. The maximum atomic E-state index is 11.8. The van der Waals surface area contributed by atoms with Crippen LogP contribution < -0.4 is 0 Å². The highest BCUT2D eigenvalue weighted by Crippen LogP contribution is 2.30. The molecule has 5 nitrogen and oxygen atoms in total. The summed E-state index contributed by atoms with van der Waals surface area (Å²) < 4.78 is 5.09. The first kappa shape index (κ1) is 15.3. The molecule has 0 aromatic carbocycles. The van der Waals surface area contributed by atoms with E-state index in [0.717, 1.165) is 45.4 Å². The molecule has 2 aliphatic heterocycles. The second kappa shape index (κ2) is 6.57. The molecule has 2 rings (SSSR count). The normalized spacial score (nSPS) is 29.1. The number of rotatable bonds is 2. The second-order valence-corrected chi connectivity index (χ2v) is 6.06. The van der Waals surface area contributed by atoms with Crippen molar-refractivity contribution < 1.29 is 14.3 Å². The molecule has 20 heavy (non-hydrogen) atoms. The number of ether oxygens (including phenoxy) is 1. The predicted octanol–water partition coefficient (Wildman–Crippen LogP) is 2.05. The van der Waals surface area contributed by atoms with Gasteiger partial charge in [-0.2, -0.15) is 0 Å². The molecule has 2 saturated heterocycles. The Hall–Kier alpha value is -1.10. The van der Waals surface area contributed by atoms with Gasteiger partial charge in [0.1, 0.15) is 5.78 Å². The van der Waals surface area contributed by atoms with Gasteiger partial charge >= 0.3 is 6.09 Å². The van der Waals surface area contributed by atoms with E-state index < -0.39 is 0 Å². The highest BCUT2D eigenvalue weighted by Gasteiger charge is 2.36.